The fraction of sp³-hybridized carbons (Fsp3) is 0.111. The van der Waals surface area contributed by atoms with Crippen LogP contribution in [0.1, 0.15) is 16.1 Å². The van der Waals surface area contributed by atoms with Crippen molar-refractivity contribution in [2.24, 2.45) is 0 Å². The van der Waals surface area contributed by atoms with Gasteiger partial charge in [-0.15, -0.1) is 0 Å². The van der Waals surface area contributed by atoms with Crippen molar-refractivity contribution in [2.45, 2.75) is 6.18 Å². The molecule has 0 bridgehead atoms. The van der Waals surface area contributed by atoms with Gasteiger partial charge in [0.2, 0.25) is 0 Å². The zero-order valence-electron chi connectivity index (χ0n) is 13.9. The topological polar surface area (TPSA) is 56.2 Å². The van der Waals surface area contributed by atoms with Crippen molar-refractivity contribution < 1.29 is 22.7 Å². The Kier molecular flexibility index (Phi) is 5.22. The SMILES string of the molecule is COc1cn(-c2ccccc2)nc1C(=O)Nc1ccc(Br)c(C(F)(F)F)c1. The van der Waals surface area contributed by atoms with Gasteiger partial charge < -0.3 is 10.1 Å². The lowest BCUT2D eigenvalue weighted by Crippen LogP contribution is -2.15. The lowest BCUT2D eigenvalue weighted by Gasteiger charge is -2.11. The number of rotatable bonds is 4. The molecule has 140 valence electrons. The van der Waals surface area contributed by atoms with Gasteiger partial charge in [0.15, 0.2) is 11.4 Å². The number of carbonyl (C=O) groups excluding carboxylic acids is 1. The summed E-state index contributed by atoms with van der Waals surface area (Å²) in [6.45, 7) is 0. The van der Waals surface area contributed by atoms with Crippen molar-refractivity contribution in [1.82, 2.24) is 9.78 Å². The van der Waals surface area contributed by atoms with Crippen LogP contribution < -0.4 is 10.1 Å². The smallest absolute Gasteiger partial charge is 0.417 e. The summed E-state index contributed by atoms with van der Waals surface area (Å²) >= 11 is 2.86. The summed E-state index contributed by atoms with van der Waals surface area (Å²) in [6.07, 6.45) is -3.03. The van der Waals surface area contributed by atoms with Crippen LogP contribution in [-0.2, 0) is 6.18 Å². The van der Waals surface area contributed by atoms with E-state index in [0.717, 1.165) is 6.07 Å². The summed E-state index contributed by atoms with van der Waals surface area (Å²) in [7, 11) is 1.38. The quantitative estimate of drug-likeness (QED) is 0.627. The molecule has 0 radical (unpaired) electrons. The maximum Gasteiger partial charge on any atom is 0.417 e. The number of halogens is 4. The minimum absolute atomic E-state index is 0.00756. The normalized spacial score (nSPS) is 11.3. The highest BCUT2D eigenvalue weighted by molar-refractivity contribution is 9.10. The van der Waals surface area contributed by atoms with Gasteiger partial charge >= 0.3 is 6.18 Å². The summed E-state index contributed by atoms with van der Waals surface area (Å²) in [5.74, 6) is -0.485. The lowest BCUT2D eigenvalue weighted by molar-refractivity contribution is -0.138. The zero-order chi connectivity index (χ0) is 19.6. The highest BCUT2D eigenvalue weighted by Crippen LogP contribution is 2.36. The van der Waals surface area contributed by atoms with E-state index in [4.69, 9.17) is 4.74 Å². The van der Waals surface area contributed by atoms with Crippen LogP contribution in [0.15, 0.2) is 59.2 Å². The molecule has 0 spiro atoms. The third-order valence-corrected chi connectivity index (χ3v) is 4.36. The van der Waals surface area contributed by atoms with Gasteiger partial charge in [0.05, 0.1) is 24.6 Å². The van der Waals surface area contributed by atoms with E-state index in [1.54, 1.807) is 12.1 Å². The molecule has 0 aliphatic rings. The highest BCUT2D eigenvalue weighted by atomic mass is 79.9. The molecule has 2 aromatic carbocycles. The predicted octanol–water partition coefficient (Wildman–Crippen LogP) is 4.91. The summed E-state index contributed by atoms with van der Waals surface area (Å²) in [5.41, 5.74) is -0.232. The van der Waals surface area contributed by atoms with Gasteiger partial charge in [0, 0.05) is 10.2 Å². The predicted molar refractivity (Wildman–Crippen MR) is 97.2 cm³/mol. The molecule has 3 aromatic rings. The van der Waals surface area contributed by atoms with Crippen LogP contribution in [0, 0.1) is 0 Å². The number of benzene rings is 2. The van der Waals surface area contributed by atoms with Crippen molar-refractivity contribution >= 4 is 27.5 Å². The largest absolute Gasteiger partial charge is 0.493 e. The number of hydrogen-bond donors (Lipinski definition) is 1. The van der Waals surface area contributed by atoms with Crippen molar-refractivity contribution in [1.29, 1.82) is 0 Å². The Morgan fingerprint density at radius 2 is 1.89 bits per heavy atom. The van der Waals surface area contributed by atoms with Gasteiger partial charge in [-0.2, -0.15) is 18.3 Å². The Labute approximate surface area is 160 Å². The monoisotopic (exact) mass is 439 g/mol. The van der Waals surface area contributed by atoms with Crippen LogP contribution in [-0.4, -0.2) is 22.8 Å². The molecule has 0 unspecified atom stereocenters. The van der Waals surface area contributed by atoms with E-state index in [-0.39, 0.29) is 21.6 Å². The van der Waals surface area contributed by atoms with Crippen molar-refractivity contribution in [3.8, 4) is 11.4 Å². The van der Waals surface area contributed by atoms with Gasteiger partial charge in [-0.25, -0.2) is 4.68 Å². The number of hydrogen-bond acceptors (Lipinski definition) is 3. The third-order valence-electron chi connectivity index (χ3n) is 3.67. The Balaban J connectivity index is 1.90. The minimum atomic E-state index is -4.55. The number of aromatic nitrogens is 2. The third kappa shape index (κ3) is 4.13. The number of nitrogens with zero attached hydrogens (tertiary/aromatic N) is 2. The van der Waals surface area contributed by atoms with E-state index in [1.165, 1.54) is 30.1 Å². The number of methoxy groups -OCH3 is 1. The number of carbonyl (C=O) groups is 1. The number of nitrogens with one attached hydrogen (secondary N) is 1. The van der Waals surface area contributed by atoms with Crippen LogP contribution in [0.5, 0.6) is 5.75 Å². The van der Waals surface area contributed by atoms with Crippen LogP contribution >= 0.6 is 15.9 Å². The van der Waals surface area contributed by atoms with Gasteiger partial charge in [-0.3, -0.25) is 4.79 Å². The number of alkyl halides is 3. The molecule has 5 nitrogen and oxygen atoms in total. The lowest BCUT2D eigenvalue weighted by atomic mass is 10.2. The van der Waals surface area contributed by atoms with Gasteiger partial charge in [-0.1, -0.05) is 34.1 Å². The second-order valence-electron chi connectivity index (χ2n) is 5.47. The first-order valence-corrected chi connectivity index (χ1v) is 8.46. The molecule has 0 atom stereocenters. The molecule has 1 amide bonds. The Morgan fingerprint density at radius 1 is 1.19 bits per heavy atom. The highest BCUT2D eigenvalue weighted by Gasteiger charge is 2.33. The first-order valence-electron chi connectivity index (χ1n) is 7.67. The number of ether oxygens (including phenoxy) is 1. The van der Waals surface area contributed by atoms with Crippen LogP contribution in [0.3, 0.4) is 0 Å². The summed E-state index contributed by atoms with van der Waals surface area (Å²) in [4.78, 5) is 12.5. The number of para-hydroxylation sites is 1. The fourth-order valence-corrected chi connectivity index (χ4v) is 2.86. The zero-order valence-corrected chi connectivity index (χ0v) is 15.5. The maximum absolute atomic E-state index is 13.0. The number of anilines is 1. The van der Waals surface area contributed by atoms with E-state index in [0.29, 0.717) is 5.69 Å². The van der Waals surface area contributed by atoms with Crippen LogP contribution in [0.4, 0.5) is 18.9 Å². The molecule has 3 rings (SSSR count). The van der Waals surface area contributed by atoms with Gasteiger partial charge in [-0.05, 0) is 30.3 Å². The molecule has 0 fully saturated rings. The molecule has 1 aromatic heterocycles. The summed E-state index contributed by atoms with van der Waals surface area (Å²) in [5, 5.41) is 6.61. The van der Waals surface area contributed by atoms with Crippen LogP contribution in [0.2, 0.25) is 0 Å². The van der Waals surface area contributed by atoms with Crippen molar-refractivity contribution in [2.75, 3.05) is 12.4 Å². The van der Waals surface area contributed by atoms with E-state index >= 15 is 0 Å². The first-order chi connectivity index (χ1) is 12.8. The average molecular weight is 440 g/mol. The molecule has 0 aliphatic carbocycles. The van der Waals surface area contributed by atoms with E-state index in [9.17, 15) is 18.0 Å². The standard InChI is InChI=1S/C18H13BrF3N3O2/c1-27-15-10-25(12-5-3-2-4-6-12)24-16(15)17(26)23-11-7-8-14(19)13(9-11)18(20,21)22/h2-10H,1H3,(H,23,26). The maximum atomic E-state index is 13.0. The molecular weight excluding hydrogens is 427 g/mol. The average Bonchev–Trinajstić information content (AvgIpc) is 3.08. The van der Waals surface area contributed by atoms with Crippen molar-refractivity contribution in [3.63, 3.8) is 0 Å². The van der Waals surface area contributed by atoms with E-state index in [1.807, 2.05) is 18.2 Å². The number of amides is 1. The van der Waals surface area contributed by atoms with E-state index < -0.39 is 17.6 Å². The Morgan fingerprint density at radius 3 is 2.52 bits per heavy atom. The Hall–Kier alpha value is -2.81. The second-order valence-corrected chi connectivity index (χ2v) is 6.33. The van der Waals surface area contributed by atoms with Gasteiger partial charge in [0.1, 0.15) is 0 Å². The molecule has 1 heterocycles. The molecule has 9 heteroatoms. The summed E-state index contributed by atoms with van der Waals surface area (Å²) in [6, 6.07) is 12.5. The second kappa shape index (κ2) is 7.43. The van der Waals surface area contributed by atoms with E-state index in [2.05, 4.69) is 26.3 Å². The molecular formula is C18H13BrF3N3O2. The summed E-state index contributed by atoms with van der Waals surface area (Å²) < 4.78 is 45.6. The fourth-order valence-electron chi connectivity index (χ4n) is 2.39. The first kappa shape index (κ1) is 19.0. The molecule has 0 saturated heterocycles. The molecule has 0 saturated carbocycles. The minimum Gasteiger partial charge on any atom is -0.493 e. The molecule has 1 N–H and O–H groups in total. The molecule has 27 heavy (non-hydrogen) atoms. The Bertz CT molecular complexity index is 972. The van der Waals surface area contributed by atoms with Gasteiger partial charge in [0.25, 0.3) is 5.91 Å². The van der Waals surface area contributed by atoms with Crippen LogP contribution in [0.25, 0.3) is 5.69 Å². The molecule has 0 aliphatic heterocycles. The van der Waals surface area contributed by atoms with Crippen molar-refractivity contribution in [3.05, 3.63) is 70.5 Å².